The average Bonchev–Trinajstić information content (AvgIpc) is 3.03. The first-order valence-corrected chi connectivity index (χ1v) is 8.83. The molecule has 1 atom stereocenters. The molecule has 1 aromatic carbocycles. The van der Waals surface area contributed by atoms with Crippen molar-refractivity contribution in [1.29, 1.82) is 0 Å². The normalized spacial score (nSPS) is 22.5. The second-order valence-corrected chi connectivity index (χ2v) is 6.78. The zero-order valence-electron chi connectivity index (χ0n) is 14.5. The summed E-state index contributed by atoms with van der Waals surface area (Å²) < 4.78 is 15.0. The third-order valence-corrected chi connectivity index (χ3v) is 4.93. The molecule has 0 unspecified atom stereocenters. The molecule has 0 radical (unpaired) electrons. The van der Waals surface area contributed by atoms with E-state index in [2.05, 4.69) is 29.5 Å². The van der Waals surface area contributed by atoms with Crippen LogP contribution in [0.2, 0.25) is 0 Å². The summed E-state index contributed by atoms with van der Waals surface area (Å²) in [5, 5.41) is 12.5. The number of tetrazole rings is 1. The molecule has 0 bridgehead atoms. The van der Waals surface area contributed by atoms with Gasteiger partial charge in [-0.25, -0.2) is 9.07 Å². The van der Waals surface area contributed by atoms with E-state index in [-0.39, 0.29) is 5.82 Å². The molecule has 1 fully saturated rings. The summed E-state index contributed by atoms with van der Waals surface area (Å²) >= 11 is 0. The van der Waals surface area contributed by atoms with Crippen molar-refractivity contribution < 1.29 is 14.2 Å². The Balaban J connectivity index is 1.78. The Hall–Kier alpha value is -1.86. The first-order valence-electron chi connectivity index (χ1n) is 8.83. The second kappa shape index (κ2) is 7.81. The summed E-state index contributed by atoms with van der Waals surface area (Å²) in [7, 11) is 2.25. The lowest BCUT2D eigenvalue weighted by Crippen LogP contribution is -3.27. The number of rotatable bonds is 6. The summed E-state index contributed by atoms with van der Waals surface area (Å²) in [6, 6.07) is 6.89. The third kappa shape index (κ3) is 3.96. The lowest BCUT2D eigenvalue weighted by molar-refractivity contribution is -1.02. The monoisotopic (exact) mass is 334 g/mol. The summed E-state index contributed by atoms with van der Waals surface area (Å²) in [6.45, 7) is 7.48. The van der Waals surface area contributed by atoms with Crippen LogP contribution in [0.15, 0.2) is 24.3 Å². The molecule has 0 spiro atoms. The molecule has 1 aliphatic heterocycles. The largest absolute Gasteiger partial charge is 0.328 e. The topological polar surface area (TPSA) is 52.5 Å². The van der Waals surface area contributed by atoms with Crippen LogP contribution < -0.4 is 9.80 Å². The SMILES string of the molecule is CCC[C@@H](c1nnnn1Cc1ccc(F)cc1)[NH+]1CC[NH+](C)CC1. The van der Waals surface area contributed by atoms with Crippen molar-refractivity contribution >= 4 is 0 Å². The highest BCUT2D eigenvalue weighted by Gasteiger charge is 2.32. The van der Waals surface area contributed by atoms with Crippen molar-refractivity contribution in [1.82, 2.24) is 20.2 Å². The van der Waals surface area contributed by atoms with Gasteiger partial charge in [-0.05, 0) is 28.1 Å². The molecule has 0 amide bonds. The number of hydrogen-bond donors (Lipinski definition) is 2. The molecule has 7 heteroatoms. The van der Waals surface area contributed by atoms with Gasteiger partial charge >= 0.3 is 0 Å². The maximum absolute atomic E-state index is 13.1. The molecule has 2 heterocycles. The maximum Gasteiger partial charge on any atom is 0.209 e. The van der Waals surface area contributed by atoms with Crippen molar-refractivity contribution in [3.05, 3.63) is 41.5 Å². The maximum atomic E-state index is 13.1. The molecule has 0 saturated carbocycles. The van der Waals surface area contributed by atoms with Gasteiger partial charge in [0.05, 0.1) is 13.6 Å². The van der Waals surface area contributed by atoms with Gasteiger partial charge in [0.15, 0.2) is 0 Å². The highest BCUT2D eigenvalue weighted by Crippen LogP contribution is 2.14. The molecule has 1 aliphatic rings. The molecule has 2 N–H and O–H groups in total. The zero-order valence-corrected chi connectivity index (χ0v) is 14.5. The highest BCUT2D eigenvalue weighted by molar-refractivity contribution is 5.16. The van der Waals surface area contributed by atoms with Gasteiger partial charge in [-0.1, -0.05) is 25.5 Å². The fourth-order valence-corrected chi connectivity index (χ4v) is 3.49. The van der Waals surface area contributed by atoms with Crippen LogP contribution in [-0.4, -0.2) is 53.4 Å². The van der Waals surface area contributed by atoms with Gasteiger partial charge < -0.3 is 9.80 Å². The number of piperazine rings is 1. The van der Waals surface area contributed by atoms with E-state index in [0.717, 1.165) is 37.3 Å². The Morgan fingerprint density at radius 2 is 1.88 bits per heavy atom. The predicted molar refractivity (Wildman–Crippen MR) is 88.3 cm³/mol. The number of hydrogen-bond acceptors (Lipinski definition) is 3. The smallest absolute Gasteiger partial charge is 0.209 e. The first-order chi connectivity index (χ1) is 11.7. The van der Waals surface area contributed by atoms with Crippen LogP contribution in [0.3, 0.4) is 0 Å². The lowest BCUT2D eigenvalue weighted by Gasteiger charge is -2.32. The number of aromatic nitrogens is 4. The number of likely N-dealkylation sites (N-methyl/N-ethyl adjacent to an activating group) is 1. The second-order valence-electron chi connectivity index (χ2n) is 6.78. The van der Waals surface area contributed by atoms with Crippen LogP contribution in [0.25, 0.3) is 0 Å². The van der Waals surface area contributed by atoms with E-state index >= 15 is 0 Å². The van der Waals surface area contributed by atoms with E-state index in [0.29, 0.717) is 12.6 Å². The third-order valence-electron chi connectivity index (χ3n) is 4.93. The van der Waals surface area contributed by atoms with Crippen LogP contribution in [0, 0.1) is 5.82 Å². The minimum atomic E-state index is -0.219. The van der Waals surface area contributed by atoms with E-state index < -0.39 is 0 Å². The fraction of sp³-hybridized carbons (Fsp3) is 0.588. The molecular formula is C17H27FN6+2. The lowest BCUT2D eigenvalue weighted by atomic mass is 10.1. The minimum absolute atomic E-state index is 0.219. The van der Waals surface area contributed by atoms with Crippen LogP contribution >= 0.6 is 0 Å². The van der Waals surface area contributed by atoms with Crippen molar-refractivity contribution in [3.8, 4) is 0 Å². The molecule has 1 saturated heterocycles. The van der Waals surface area contributed by atoms with E-state index in [1.54, 1.807) is 21.9 Å². The minimum Gasteiger partial charge on any atom is -0.328 e. The molecule has 0 aliphatic carbocycles. The first kappa shape index (κ1) is 17.0. The number of nitrogens with zero attached hydrogens (tertiary/aromatic N) is 4. The van der Waals surface area contributed by atoms with E-state index in [1.807, 2.05) is 4.68 Å². The molecule has 3 rings (SSSR count). The molecule has 1 aromatic heterocycles. The Bertz CT molecular complexity index is 633. The van der Waals surface area contributed by atoms with Crippen LogP contribution in [0.4, 0.5) is 4.39 Å². The van der Waals surface area contributed by atoms with Gasteiger partial charge in [0.25, 0.3) is 0 Å². The van der Waals surface area contributed by atoms with Gasteiger partial charge in [0, 0.05) is 6.42 Å². The number of quaternary nitrogens is 2. The zero-order chi connectivity index (χ0) is 16.9. The highest BCUT2D eigenvalue weighted by atomic mass is 19.1. The fourth-order valence-electron chi connectivity index (χ4n) is 3.49. The van der Waals surface area contributed by atoms with E-state index in [4.69, 9.17) is 0 Å². The predicted octanol–water partition coefficient (Wildman–Crippen LogP) is -0.885. The van der Waals surface area contributed by atoms with Gasteiger partial charge in [-0.15, -0.1) is 5.10 Å². The molecule has 130 valence electrons. The van der Waals surface area contributed by atoms with Crippen molar-refractivity contribution in [2.45, 2.75) is 32.4 Å². The van der Waals surface area contributed by atoms with Gasteiger partial charge in [0.1, 0.15) is 38.0 Å². The molecule has 6 nitrogen and oxygen atoms in total. The van der Waals surface area contributed by atoms with Crippen molar-refractivity contribution in [3.63, 3.8) is 0 Å². The Morgan fingerprint density at radius 1 is 1.17 bits per heavy atom. The number of nitrogens with one attached hydrogen (secondary N) is 2. The molecular weight excluding hydrogens is 307 g/mol. The van der Waals surface area contributed by atoms with Crippen LogP contribution in [-0.2, 0) is 6.54 Å². The van der Waals surface area contributed by atoms with E-state index in [9.17, 15) is 4.39 Å². The summed E-state index contributed by atoms with van der Waals surface area (Å²) in [5.74, 6) is 0.736. The summed E-state index contributed by atoms with van der Waals surface area (Å²) in [5.41, 5.74) is 1.01. The van der Waals surface area contributed by atoms with Gasteiger partial charge in [-0.3, -0.25) is 0 Å². The summed E-state index contributed by atoms with van der Waals surface area (Å²) in [6.07, 6.45) is 2.19. The standard InChI is InChI=1S/C17H25FN6/c1-3-4-16(23-11-9-22(2)10-12-23)17-19-20-21-24(17)13-14-5-7-15(18)8-6-14/h5-8,16H,3-4,9-13H2,1-2H3/p+2/t16-/m0/s1. The molecule has 24 heavy (non-hydrogen) atoms. The average molecular weight is 334 g/mol. The molecule has 2 aromatic rings. The van der Waals surface area contributed by atoms with Crippen molar-refractivity contribution in [2.75, 3.05) is 33.2 Å². The Morgan fingerprint density at radius 3 is 2.54 bits per heavy atom. The Labute approximate surface area is 142 Å². The van der Waals surface area contributed by atoms with Gasteiger partial charge in [0.2, 0.25) is 5.82 Å². The Kier molecular flexibility index (Phi) is 5.52. The number of benzene rings is 1. The van der Waals surface area contributed by atoms with Crippen LogP contribution in [0.5, 0.6) is 0 Å². The quantitative estimate of drug-likeness (QED) is 0.721. The summed E-state index contributed by atoms with van der Waals surface area (Å²) in [4.78, 5) is 3.18. The number of halogens is 1. The van der Waals surface area contributed by atoms with Gasteiger partial charge in [-0.2, -0.15) is 0 Å². The van der Waals surface area contributed by atoms with E-state index in [1.165, 1.54) is 25.2 Å². The van der Waals surface area contributed by atoms with Crippen LogP contribution in [0.1, 0.15) is 37.2 Å². The van der Waals surface area contributed by atoms with Crippen molar-refractivity contribution in [2.24, 2.45) is 0 Å².